The van der Waals surface area contributed by atoms with Crippen molar-refractivity contribution in [2.24, 2.45) is 0 Å². The fourth-order valence-corrected chi connectivity index (χ4v) is 1.93. The number of aromatic nitrogens is 2. The summed E-state index contributed by atoms with van der Waals surface area (Å²) in [6.07, 6.45) is 3.90. The Morgan fingerprint density at radius 2 is 1.80 bits per heavy atom. The van der Waals surface area contributed by atoms with Crippen molar-refractivity contribution >= 4 is 18.6 Å². The number of ether oxygens (including phenoxy) is 1. The Labute approximate surface area is 95.1 Å². The van der Waals surface area contributed by atoms with Crippen LogP contribution in [0.1, 0.15) is 13.8 Å². The number of nitrogens with zero attached hydrogens (tertiary/aromatic N) is 3. The van der Waals surface area contributed by atoms with Gasteiger partial charge >= 0.3 is 0 Å². The number of hydrogen-bond acceptors (Lipinski definition) is 5. The molecule has 1 aromatic heterocycles. The molecular formula is C10H15N3OS. The number of rotatable bonds is 1. The minimum absolute atomic E-state index is 0.230. The van der Waals surface area contributed by atoms with Gasteiger partial charge in [-0.15, -0.1) is 12.6 Å². The van der Waals surface area contributed by atoms with E-state index in [1.165, 1.54) is 0 Å². The maximum absolute atomic E-state index is 5.65. The highest BCUT2D eigenvalue weighted by Gasteiger charge is 2.23. The number of hydrogen-bond donors (Lipinski definition) is 1. The Morgan fingerprint density at radius 1 is 1.27 bits per heavy atom. The third-order valence-corrected chi connectivity index (χ3v) is 2.56. The van der Waals surface area contributed by atoms with Gasteiger partial charge in [-0.1, -0.05) is 0 Å². The average molecular weight is 225 g/mol. The Bertz CT molecular complexity index is 320. The summed E-state index contributed by atoms with van der Waals surface area (Å²) >= 11 is 4.16. The van der Waals surface area contributed by atoms with Crippen molar-refractivity contribution in [2.45, 2.75) is 31.0 Å². The van der Waals surface area contributed by atoms with Crippen LogP contribution in [0.25, 0.3) is 0 Å². The van der Waals surface area contributed by atoms with Gasteiger partial charge in [-0.3, -0.25) is 0 Å². The van der Waals surface area contributed by atoms with Crippen molar-refractivity contribution in [1.82, 2.24) is 9.97 Å². The molecule has 82 valence electrons. The van der Waals surface area contributed by atoms with E-state index >= 15 is 0 Å². The Balaban J connectivity index is 2.12. The van der Waals surface area contributed by atoms with Gasteiger partial charge in [0.1, 0.15) is 0 Å². The molecule has 1 fully saturated rings. The molecule has 0 aromatic carbocycles. The van der Waals surface area contributed by atoms with Gasteiger partial charge in [0.2, 0.25) is 5.95 Å². The van der Waals surface area contributed by atoms with Gasteiger partial charge in [-0.05, 0) is 13.8 Å². The predicted molar refractivity (Wildman–Crippen MR) is 61.5 cm³/mol. The summed E-state index contributed by atoms with van der Waals surface area (Å²) in [5.74, 6) is 0.759. The second-order valence-corrected chi connectivity index (χ2v) is 4.42. The second-order valence-electron chi connectivity index (χ2n) is 3.90. The smallest absolute Gasteiger partial charge is 0.225 e. The highest BCUT2D eigenvalue weighted by molar-refractivity contribution is 7.80. The Morgan fingerprint density at radius 3 is 2.33 bits per heavy atom. The van der Waals surface area contributed by atoms with E-state index in [1.54, 1.807) is 12.4 Å². The van der Waals surface area contributed by atoms with Gasteiger partial charge in [0, 0.05) is 30.4 Å². The molecule has 0 unspecified atom stereocenters. The van der Waals surface area contributed by atoms with Crippen LogP contribution in [0.15, 0.2) is 17.3 Å². The molecule has 2 heterocycles. The maximum Gasteiger partial charge on any atom is 0.225 e. The lowest BCUT2D eigenvalue weighted by molar-refractivity contribution is -0.00572. The third kappa shape index (κ3) is 2.60. The van der Waals surface area contributed by atoms with Crippen LogP contribution in [-0.4, -0.2) is 35.3 Å². The van der Waals surface area contributed by atoms with Crippen molar-refractivity contribution < 1.29 is 4.74 Å². The summed E-state index contributed by atoms with van der Waals surface area (Å²) in [6, 6.07) is 0. The largest absolute Gasteiger partial charge is 0.372 e. The lowest BCUT2D eigenvalue weighted by atomic mass is 10.2. The molecule has 2 atom stereocenters. The van der Waals surface area contributed by atoms with Crippen LogP contribution in [0.4, 0.5) is 5.95 Å². The SMILES string of the molecule is C[C@@H]1CN(c2ncc(S)cn2)C[C@H](C)O1. The maximum atomic E-state index is 5.65. The fraction of sp³-hybridized carbons (Fsp3) is 0.600. The molecule has 1 saturated heterocycles. The summed E-state index contributed by atoms with van der Waals surface area (Å²) in [5, 5.41) is 0. The third-order valence-electron chi connectivity index (χ3n) is 2.33. The average Bonchev–Trinajstić information content (AvgIpc) is 2.17. The van der Waals surface area contributed by atoms with E-state index < -0.39 is 0 Å². The molecule has 0 saturated carbocycles. The molecule has 2 rings (SSSR count). The van der Waals surface area contributed by atoms with E-state index in [9.17, 15) is 0 Å². The topological polar surface area (TPSA) is 38.2 Å². The van der Waals surface area contributed by atoms with Crippen molar-refractivity contribution in [3.8, 4) is 0 Å². The van der Waals surface area contributed by atoms with Gasteiger partial charge in [0.25, 0.3) is 0 Å². The Kier molecular flexibility index (Phi) is 3.11. The number of thiol groups is 1. The van der Waals surface area contributed by atoms with E-state index in [0.29, 0.717) is 0 Å². The van der Waals surface area contributed by atoms with Crippen molar-refractivity contribution in [2.75, 3.05) is 18.0 Å². The lowest BCUT2D eigenvalue weighted by Gasteiger charge is -2.35. The van der Waals surface area contributed by atoms with Crippen LogP contribution in [0.2, 0.25) is 0 Å². The minimum atomic E-state index is 0.230. The molecule has 1 aromatic rings. The molecule has 4 nitrogen and oxygen atoms in total. The predicted octanol–water partition coefficient (Wildman–Crippen LogP) is 1.38. The first-order chi connectivity index (χ1) is 7.15. The first kappa shape index (κ1) is 10.7. The summed E-state index contributed by atoms with van der Waals surface area (Å²) in [5.41, 5.74) is 0. The highest BCUT2D eigenvalue weighted by atomic mass is 32.1. The highest BCUT2D eigenvalue weighted by Crippen LogP contribution is 2.16. The van der Waals surface area contributed by atoms with E-state index in [-0.39, 0.29) is 12.2 Å². The molecule has 0 N–H and O–H groups in total. The molecular weight excluding hydrogens is 210 g/mol. The van der Waals surface area contributed by atoms with Crippen LogP contribution >= 0.6 is 12.6 Å². The summed E-state index contributed by atoms with van der Waals surface area (Å²) in [6.45, 7) is 5.82. The molecule has 0 spiro atoms. The fourth-order valence-electron chi connectivity index (χ4n) is 1.82. The summed E-state index contributed by atoms with van der Waals surface area (Å²) in [4.78, 5) is 11.4. The molecule has 0 aliphatic carbocycles. The van der Waals surface area contributed by atoms with Crippen molar-refractivity contribution in [3.05, 3.63) is 12.4 Å². The molecule has 1 aliphatic rings. The van der Waals surface area contributed by atoms with Crippen LogP contribution in [0, 0.1) is 0 Å². The standard InChI is InChI=1S/C10H15N3OS/c1-7-5-13(6-8(2)14-7)10-11-3-9(15)4-12-10/h3-4,7-8,15H,5-6H2,1-2H3/t7-,8+. The number of anilines is 1. The van der Waals surface area contributed by atoms with Crippen molar-refractivity contribution in [3.63, 3.8) is 0 Å². The molecule has 15 heavy (non-hydrogen) atoms. The second kappa shape index (κ2) is 4.37. The first-order valence-electron chi connectivity index (χ1n) is 5.06. The summed E-state index contributed by atoms with van der Waals surface area (Å²) < 4.78 is 5.65. The van der Waals surface area contributed by atoms with Crippen LogP contribution in [0.3, 0.4) is 0 Å². The van der Waals surface area contributed by atoms with Gasteiger partial charge in [-0.2, -0.15) is 0 Å². The monoisotopic (exact) mass is 225 g/mol. The van der Waals surface area contributed by atoms with Gasteiger partial charge in [0.15, 0.2) is 0 Å². The zero-order valence-electron chi connectivity index (χ0n) is 8.92. The van der Waals surface area contributed by atoms with E-state index in [4.69, 9.17) is 4.74 Å². The molecule has 0 radical (unpaired) electrons. The van der Waals surface area contributed by atoms with Crippen LogP contribution in [-0.2, 0) is 4.74 Å². The van der Waals surface area contributed by atoms with Gasteiger partial charge < -0.3 is 9.64 Å². The van der Waals surface area contributed by atoms with E-state index in [1.807, 2.05) is 0 Å². The molecule has 0 amide bonds. The molecule has 5 heteroatoms. The van der Waals surface area contributed by atoms with Crippen molar-refractivity contribution in [1.29, 1.82) is 0 Å². The number of morpholine rings is 1. The molecule has 0 bridgehead atoms. The summed E-state index contributed by atoms with van der Waals surface area (Å²) in [7, 11) is 0. The first-order valence-corrected chi connectivity index (χ1v) is 5.51. The van der Waals surface area contributed by atoms with Crippen LogP contribution in [0.5, 0.6) is 0 Å². The van der Waals surface area contributed by atoms with E-state index in [2.05, 4.69) is 41.3 Å². The van der Waals surface area contributed by atoms with Crippen LogP contribution < -0.4 is 4.90 Å². The van der Waals surface area contributed by atoms with E-state index in [0.717, 1.165) is 23.9 Å². The molecule has 1 aliphatic heterocycles. The lowest BCUT2D eigenvalue weighted by Crippen LogP contribution is -2.46. The normalized spacial score (nSPS) is 26.7. The zero-order chi connectivity index (χ0) is 10.8. The zero-order valence-corrected chi connectivity index (χ0v) is 9.82. The Hall–Kier alpha value is -0.810. The van der Waals surface area contributed by atoms with Gasteiger partial charge in [-0.25, -0.2) is 9.97 Å². The quantitative estimate of drug-likeness (QED) is 0.733. The van der Waals surface area contributed by atoms with Gasteiger partial charge in [0.05, 0.1) is 12.2 Å². The minimum Gasteiger partial charge on any atom is -0.372 e.